The average Bonchev–Trinajstić information content (AvgIpc) is 3.65. The van der Waals surface area contributed by atoms with Gasteiger partial charge in [-0.25, -0.2) is 14.5 Å². The number of carbonyl (C=O) groups is 2. The van der Waals surface area contributed by atoms with Gasteiger partial charge in [-0.1, -0.05) is 18.6 Å². The smallest absolute Gasteiger partial charge is 0.407 e. The van der Waals surface area contributed by atoms with E-state index in [1.165, 1.54) is 7.11 Å². The summed E-state index contributed by atoms with van der Waals surface area (Å²) in [5.74, 6) is 0.852. The normalized spacial score (nSPS) is 20.4. The summed E-state index contributed by atoms with van der Waals surface area (Å²) in [6, 6.07) is 3.83. The molecule has 1 N–H and O–H groups in total. The van der Waals surface area contributed by atoms with E-state index in [-0.39, 0.29) is 30.6 Å². The summed E-state index contributed by atoms with van der Waals surface area (Å²) in [7, 11) is 3.23. The molecule has 0 saturated heterocycles. The van der Waals surface area contributed by atoms with Crippen LogP contribution < -0.4 is 10.1 Å². The van der Waals surface area contributed by atoms with E-state index in [0.717, 1.165) is 62.1 Å². The lowest BCUT2D eigenvalue weighted by atomic mass is 9.87. The second-order valence-electron chi connectivity index (χ2n) is 9.85. The van der Waals surface area contributed by atoms with Crippen LogP contribution in [0, 0.1) is 5.92 Å². The first-order valence-corrected chi connectivity index (χ1v) is 13.0. The number of aromatic nitrogens is 4. The number of carbonyl (C=O) groups excluding carboxylic acids is 2. The van der Waals surface area contributed by atoms with Gasteiger partial charge in [0.25, 0.3) is 0 Å². The van der Waals surface area contributed by atoms with Crippen molar-refractivity contribution in [2.24, 2.45) is 13.0 Å². The zero-order chi connectivity index (χ0) is 25.7. The van der Waals surface area contributed by atoms with Gasteiger partial charge in [-0.05, 0) is 64.0 Å². The number of nitrogens with one attached hydrogen (secondary N) is 1. The van der Waals surface area contributed by atoms with Gasteiger partial charge in [0, 0.05) is 13.0 Å². The van der Waals surface area contributed by atoms with Crippen LogP contribution >= 0.6 is 0 Å². The van der Waals surface area contributed by atoms with Gasteiger partial charge in [0.2, 0.25) is 0 Å². The summed E-state index contributed by atoms with van der Waals surface area (Å²) in [6.45, 7) is 4.17. The van der Waals surface area contributed by atoms with E-state index in [9.17, 15) is 9.59 Å². The molecule has 2 aromatic heterocycles. The predicted molar refractivity (Wildman–Crippen MR) is 132 cm³/mol. The van der Waals surface area contributed by atoms with Crippen molar-refractivity contribution in [2.75, 3.05) is 7.11 Å². The molecule has 0 aliphatic heterocycles. The Hall–Kier alpha value is -3.17. The molecule has 10 nitrogen and oxygen atoms in total. The van der Waals surface area contributed by atoms with Crippen molar-refractivity contribution in [1.82, 2.24) is 25.3 Å². The van der Waals surface area contributed by atoms with Crippen molar-refractivity contribution >= 4 is 12.1 Å². The van der Waals surface area contributed by atoms with E-state index in [4.69, 9.17) is 19.2 Å². The quantitative estimate of drug-likeness (QED) is 0.481. The van der Waals surface area contributed by atoms with Gasteiger partial charge in [0.05, 0.1) is 42.8 Å². The largest absolute Gasteiger partial charge is 0.488 e. The minimum atomic E-state index is -0.462. The maximum atomic E-state index is 12.2. The van der Waals surface area contributed by atoms with E-state index in [0.29, 0.717) is 23.7 Å². The fraction of sp³-hybridized carbons (Fsp3) is 0.654. The molecule has 0 spiro atoms. The molecule has 0 aromatic carbocycles. The summed E-state index contributed by atoms with van der Waals surface area (Å²) in [4.78, 5) is 29.2. The highest BCUT2D eigenvalue weighted by atomic mass is 16.6. The lowest BCUT2D eigenvalue weighted by Gasteiger charge is -2.28. The van der Waals surface area contributed by atoms with Gasteiger partial charge >= 0.3 is 12.1 Å². The third kappa shape index (κ3) is 6.33. The van der Waals surface area contributed by atoms with Crippen LogP contribution in [-0.2, 0) is 27.9 Å². The number of ether oxygens (including phenoxy) is 3. The maximum Gasteiger partial charge on any atom is 0.407 e. The molecule has 2 aromatic rings. The molecule has 2 aliphatic carbocycles. The zero-order valence-corrected chi connectivity index (χ0v) is 21.7. The summed E-state index contributed by atoms with van der Waals surface area (Å²) >= 11 is 0. The molecular weight excluding hydrogens is 462 g/mol. The Labute approximate surface area is 212 Å². The molecule has 2 fully saturated rings. The van der Waals surface area contributed by atoms with Crippen LogP contribution in [0.2, 0.25) is 0 Å². The number of hydrogen-bond acceptors (Lipinski definition) is 8. The molecule has 1 unspecified atom stereocenters. The standard InChI is InChI=1S/C26H37N5O5/c1-5-7-16(2)35-26(33)27-15-21-24(29-30-31(21)3)20-12-13-22(23(28-20)17-10-11-17)36-19-9-6-8-18(14-19)25(32)34-4/h12-13,16-19H,5-11,14-15H2,1-4H3,(H,27,33)/t16?,18-,19-/m0/s1. The zero-order valence-electron chi connectivity index (χ0n) is 21.7. The molecule has 2 saturated carbocycles. The number of methoxy groups -OCH3 is 1. The Morgan fingerprint density at radius 3 is 2.75 bits per heavy atom. The summed E-state index contributed by atoms with van der Waals surface area (Å²) in [6.07, 6.45) is 6.61. The lowest BCUT2D eigenvalue weighted by molar-refractivity contribution is -0.147. The Kier molecular flexibility index (Phi) is 8.43. The molecule has 3 atom stereocenters. The first-order chi connectivity index (χ1) is 17.4. The highest BCUT2D eigenvalue weighted by molar-refractivity contribution is 5.72. The third-order valence-electron chi connectivity index (χ3n) is 6.89. The van der Waals surface area contributed by atoms with Crippen molar-refractivity contribution in [3.63, 3.8) is 0 Å². The Balaban J connectivity index is 1.48. The van der Waals surface area contributed by atoms with Gasteiger partial charge in [0.15, 0.2) is 0 Å². The summed E-state index contributed by atoms with van der Waals surface area (Å²) in [5, 5.41) is 11.3. The van der Waals surface area contributed by atoms with Crippen LogP contribution in [0.5, 0.6) is 5.75 Å². The van der Waals surface area contributed by atoms with E-state index in [2.05, 4.69) is 22.6 Å². The van der Waals surface area contributed by atoms with E-state index in [1.807, 2.05) is 19.1 Å². The number of alkyl carbamates (subject to hydrolysis) is 1. The molecule has 36 heavy (non-hydrogen) atoms. The van der Waals surface area contributed by atoms with Crippen molar-refractivity contribution < 1.29 is 23.8 Å². The number of hydrogen-bond donors (Lipinski definition) is 1. The molecule has 1 amide bonds. The molecular formula is C26H37N5O5. The van der Waals surface area contributed by atoms with Gasteiger partial charge in [-0.3, -0.25) is 4.79 Å². The highest BCUT2D eigenvalue weighted by Gasteiger charge is 2.33. The fourth-order valence-electron chi connectivity index (χ4n) is 4.77. The van der Waals surface area contributed by atoms with Gasteiger partial charge in [-0.15, -0.1) is 5.10 Å². The van der Waals surface area contributed by atoms with E-state index >= 15 is 0 Å². The minimum Gasteiger partial charge on any atom is -0.488 e. The highest BCUT2D eigenvalue weighted by Crippen LogP contribution is 2.44. The Bertz CT molecular complexity index is 1070. The van der Waals surface area contributed by atoms with Crippen molar-refractivity contribution in [3.8, 4) is 17.1 Å². The molecule has 2 aliphatic rings. The van der Waals surface area contributed by atoms with Crippen LogP contribution in [0.1, 0.15) is 82.5 Å². The van der Waals surface area contributed by atoms with Crippen LogP contribution in [0.3, 0.4) is 0 Å². The number of amides is 1. The SMILES string of the molecule is CCCC(C)OC(=O)NCc1c(-c2ccc(O[C@H]3CCC[C@H](C(=O)OC)C3)c(C3CC3)n2)nnn1C. The van der Waals surface area contributed by atoms with Crippen molar-refractivity contribution in [3.05, 3.63) is 23.5 Å². The number of pyridine rings is 1. The average molecular weight is 500 g/mol. The summed E-state index contributed by atoms with van der Waals surface area (Å²) < 4.78 is 18.4. The van der Waals surface area contributed by atoms with Crippen molar-refractivity contribution in [1.29, 1.82) is 0 Å². The van der Waals surface area contributed by atoms with Crippen LogP contribution in [0.4, 0.5) is 4.79 Å². The number of esters is 1. The maximum absolute atomic E-state index is 12.2. The molecule has 196 valence electrons. The van der Waals surface area contributed by atoms with Crippen molar-refractivity contribution in [2.45, 2.75) is 89.9 Å². The van der Waals surface area contributed by atoms with E-state index < -0.39 is 6.09 Å². The van der Waals surface area contributed by atoms with Crippen LogP contribution in [0.15, 0.2) is 12.1 Å². The molecule has 0 radical (unpaired) electrons. The van der Waals surface area contributed by atoms with Gasteiger partial charge < -0.3 is 19.5 Å². The second kappa shape index (κ2) is 11.7. The minimum absolute atomic E-state index is 0.0367. The lowest BCUT2D eigenvalue weighted by Crippen LogP contribution is -2.30. The third-order valence-corrected chi connectivity index (χ3v) is 6.89. The monoisotopic (exact) mass is 499 g/mol. The van der Waals surface area contributed by atoms with Gasteiger partial charge in [-0.2, -0.15) is 0 Å². The number of aryl methyl sites for hydroxylation is 1. The topological polar surface area (TPSA) is 117 Å². The molecule has 10 heteroatoms. The predicted octanol–water partition coefficient (Wildman–Crippen LogP) is 4.28. The number of rotatable bonds is 10. The van der Waals surface area contributed by atoms with Gasteiger partial charge in [0.1, 0.15) is 17.5 Å². The molecule has 0 bridgehead atoms. The fourth-order valence-corrected chi connectivity index (χ4v) is 4.77. The van der Waals surface area contributed by atoms with Crippen LogP contribution in [-0.4, -0.2) is 51.4 Å². The first-order valence-electron chi connectivity index (χ1n) is 13.0. The van der Waals surface area contributed by atoms with Crippen LogP contribution in [0.25, 0.3) is 11.4 Å². The van der Waals surface area contributed by atoms with E-state index in [1.54, 1.807) is 11.7 Å². The Morgan fingerprint density at radius 1 is 1.22 bits per heavy atom. The first kappa shape index (κ1) is 25.9. The second-order valence-corrected chi connectivity index (χ2v) is 9.85. The summed E-state index contributed by atoms with van der Waals surface area (Å²) in [5.41, 5.74) is 2.98. The number of nitrogens with zero attached hydrogens (tertiary/aromatic N) is 4. The molecule has 4 rings (SSSR count). The Morgan fingerprint density at radius 2 is 2.03 bits per heavy atom. The molecule has 2 heterocycles.